The van der Waals surface area contributed by atoms with Crippen LogP contribution >= 0.6 is 24.0 Å². The summed E-state index contributed by atoms with van der Waals surface area (Å²) in [5.41, 5.74) is 0. The van der Waals surface area contributed by atoms with E-state index in [0.29, 0.717) is 12.1 Å². The first-order valence-corrected chi connectivity index (χ1v) is 9.22. The predicted octanol–water partition coefficient (Wildman–Crippen LogP) is 1.74. The largest absolute Gasteiger partial charge is 0.355 e. The highest BCUT2D eigenvalue weighted by Crippen LogP contribution is 2.26. The van der Waals surface area contributed by atoms with Gasteiger partial charge in [0.1, 0.15) is 0 Å². The number of hydrogen-bond acceptors (Lipinski definition) is 3. The van der Waals surface area contributed by atoms with Gasteiger partial charge in [0, 0.05) is 58.4 Å². The Morgan fingerprint density at radius 2 is 1.78 bits per heavy atom. The summed E-state index contributed by atoms with van der Waals surface area (Å²) in [5, 5.41) is 7.21. The van der Waals surface area contributed by atoms with Crippen molar-refractivity contribution in [1.82, 2.24) is 20.4 Å². The molecule has 23 heavy (non-hydrogen) atoms. The number of hydrogen-bond donors (Lipinski definition) is 2. The lowest BCUT2D eigenvalue weighted by molar-refractivity contribution is 0.0154. The van der Waals surface area contributed by atoms with Crippen LogP contribution in [0.5, 0.6) is 0 Å². The smallest absolute Gasteiger partial charge is 0.191 e. The summed E-state index contributed by atoms with van der Waals surface area (Å²) in [5.74, 6) is 1.95. The number of aliphatic imine (C=N–C) groups is 1. The molecule has 3 saturated heterocycles. The standard InChI is InChI=1S/C17H33N5.HI/c1-3-14-4-6-15(7-5-14)20-17(18-2)19-12-16-13-21-8-10-22(16)11-9-21;/h14-16H,3-13H2,1-2H3,(H2,18,19,20);1H. The second-order valence-corrected chi connectivity index (χ2v) is 7.21. The molecule has 3 heterocycles. The molecule has 2 bridgehead atoms. The summed E-state index contributed by atoms with van der Waals surface area (Å²) in [6.45, 7) is 9.53. The number of piperazine rings is 3. The van der Waals surface area contributed by atoms with Gasteiger partial charge in [-0.1, -0.05) is 13.3 Å². The molecule has 1 unspecified atom stereocenters. The highest BCUT2D eigenvalue weighted by molar-refractivity contribution is 14.0. The minimum atomic E-state index is 0. The molecule has 5 nitrogen and oxygen atoms in total. The normalized spacial score (nSPS) is 37.1. The summed E-state index contributed by atoms with van der Waals surface area (Å²) in [4.78, 5) is 9.65. The number of halogens is 1. The van der Waals surface area contributed by atoms with Gasteiger partial charge in [-0.05, 0) is 31.6 Å². The van der Waals surface area contributed by atoms with E-state index in [1.807, 2.05) is 7.05 Å². The molecular formula is C17H34IN5. The fraction of sp³-hybridized carbons (Fsp3) is 0.941. The van der Waals surface area contributed by atoms with Crippen molar-refractivity contribution in [2.45, 2.75) is 51.1 Å². The second kappa shape index (κ2) is 9.42. The quantitative estimate of drug-likeness (QED) is 0.401. The fourth-order valence-electron chi connectivity index (χ4n) is 4.24. The molecule has 0 aromatic rings. The molecule has 0 spiro atoms. The van der Waals surface area contributed by atoms with Crippen molar-refractivity contribution in [1.29, 1.82) is 0 Å². The van der Waals surface area contributed by atoms with E-state index in [9.17, 15) is 0 Å². The number of guanidine groups is 1. The van der Waals surface area contributed by atoms with Gasteiger partial charge in [-0.25, -0.2) is 0 Å². The van der Waals surface area contributed by atoms with E-state index in [1.54, 1.807) is 0 Å². The summed E-state index contributed by atoms with van der Waals surface area (Å²) in [7, 11) is 1.89. The Morgan fingerprint density at radius 3 is 2.30 bits per heavy atom. The zero-order valence-corrected chi connectivity index (χ0v) is 17.1. The van der Waals surface area contributed by atoms with Crippen molar-refractivity contribution in [3.63, 3.8) is 0 Å². The fourth-order valence-corrected chi connectivity index (χ4v) is 4.24. The zero-order chi connectivity index (χ0) is 15.4. The SMILES string of the molecule is CCC1CCC(NC(=NC)NCC2CN3CCN2CC3)CC1.I. The van der Waals surface area contributed by atoms with Crippen molar-refractivity contribution in [2.75, 3.05) is 46.3 Å². The van der Waals surface area contributed by atoms with Gasteiger partial charge in [0.25, 0.3) is 0 Å². The van der Waals surface area contributed by atoms with Crippen LogP contribution in [0.25, 0.3) is 0 Å². The summed E-state index contributed by atoms with van der Waals surface area (Å²) in [6.07, 6.45) is 6.67. The van der Waals surface area contributed by atoms with Crippen LogP contribution < -0.4 is 10.6 Å². The molecule has 1 saturated carbocycles. The Labute approximate surface area is 158 Å². The van der Waals surface area contributed by atoms with Crippen LogP contribution in [0.15, 0.2) is 4.99 Å². The van der Waals surface area contributed by atoms with E-state index in [2.05, 4.69) is 32.3 Å². The summed E-state index contributed by atoms with van der Waals surface area (Å²) in [6, 6.07) is 1.26. The Hall–Kier alpha value is -0.0800. The lowest BCUT2D eigenvalue weighted by atomic mass is 9.84. The third-order valence-electron chi connectivity index (χ3n) is 5.89. The first-order chi connectivity index (χ1) is 10.8. The van der Waals surface area contributed by atoms with Crippen LogP contribution in [0.2, 0.25) is 0 Å². The van der Waals surface area contributed by atoms with Crippen LogP contribution in [0.1, 0.15) is 39.0 Å². The Morgan fingerprint density at radius 1 is 1.09 bits per heavy atom. The zero-order valence-electron chi connectivity index (χ0n) is 14.8. The summed E-state index contributed by atoms with van der Waals surface area (Å²) < 4.78 is 0. The lowest BCUT2D eigenvalue weighted by Crippen LogP contribution is -2.64. The highest BCUT2D eigenvalue weighted by Gasteiger charge is 2.31. The first kappa shape index (κ1) is 19.2. The van der Waals surface area contributed by atoms with Crippen LogP contribution in [-0.2, 0) is 0 Å². The third kappa shape index (κ3) is 5.19. The Balaban J connectivity index is 0.00000192. The van der Waals surface area contributed by atoms with E-state index in [0.717, 1.165) is 18.4 Å². The van der Waals surface area contributed by atoms with Gasteiger partial charge in [0.15, 0.2) is 5.96 Å². The van der Waals surface area contributed by atoms with Gasteiger partial charge in [-0.2, -0.15) is 0 Å². The minimum Gasteiger partial charge on any atom is -0.355 e. The van der Waals surface area contributed by atoms with Crippen LogP contribution in [0.4, 0.5) is 0 Å². The predicted molar refractivity (Wildman–Crippen MR) is 108 cm³/mol. The molecule has 134 valence electrons. The Bertz CT molecular complexity index is 373. The second-order valence-electron chi connectivity index (χ2n) is 7.21. The van der Waals surface area contributed by atoms with Gasteiger partial charge < -0.3 is 10.6 Å². The molecule has 0 aromatic heterocycles. The molecule has 0 amide bonds. The number of nitrogens with one attached hydrogen (secondary N) is 2. The molecular weight excluding hydrogens is 401 g/mol. The van der Waals surface area contributed by atoms with Crippen molar-refractivity contribution in [3.05, 3.63) is 0 Å². The number of nitrogens with zero attached hydrogens (tertiary/aromatic N) is 3. The van der Waals surface area contributed by atoms with Crippen LogP contribution in [0.3, 0.4) is 0 Å². The van der Waals surface area contributed by atoms with E-state index < -0.39 is 0 Å². The van der Waals surface area contributed by atoms with Gasteiger partial charge in [0.05, 0.1) is 0 Å². The maximum Gasteiger partial charge on any atom is 0.191 e. The van der Waals surface area contributed by atoms with E-state index in [4.69, 9.17) is 0 Å². The molecule has 6 heteroatoms. The van der Waals surface area contributed by atoms with Crippen LogP contribution in [0, 0.1) is 5.92 Å². The molecule has 0 aromatic carbocycles. The topological polar surface area (TPSA) is 42.9 Å². The maximum absolute atomic E-state index is 4.43. The molecule has 1 atom stereocenters. The average Bonchev–Trinajstić information content (AvgIpc) is 2.60. The van der Waals surface area contributed by atoms with Crippen LogP contribution in [-0.4, -0.2) is 74.2 Å². The van der Waals surface area contributed by atoms with E-state index in [1.165, 1.54) is 64.8 Å². The van der Waals surface area contributed by atoms with E-state index in [-0.39, 0.29) is 24.0 Å². The molecule has 4 aliphatic rings. The summed E-state index contributed by atoms with van der Waals surface area (Å²) >= 11 is 0. The molecule has 1 aliphatic carbocycles. The molecule has 4 rings (SSSR count). The monoisotopic (exact) mass is 435 g/mol. The van der Waals surface area contributed by atoms with Crippen molar-refractivity contribution >= 4 is 29.9 Å². The first-order valence-electron chi connectivity index (χ1n) is 9.22. The van der Waals surface area contributed by atoms with E-state index >= 15 is 0 Å². The van der Waals surface area contributed by atoms with Gasteiger partial charge >= 0.3 is 0 Å². The van der Waals surface area contributed by atoms with Gasteiger partial charge in [-0.15, -0.1) is 24.0 Å². The van der Waals surface area contributed by atoms with Crippen molar-refractivity contribution in [3.8, 4) is 0 Å². The Kier molecular flexibility index (Phi) is 7.88. The molecule has 4 fully saturated rings. The third-order valence-corrected chi connectivity index (χ3v) is 5.89. The molecule has 2 N–H and O–H groups in total. The molecule has 0 radical (unpaired) electrons. The highest BCUT2D eigenvalue weighted by atomic mass is 127. The van der Waals surface area contributed by atoms with Crippen molar-refractivity contribution in [2.24, 2.45) is 10.9 Å². The average molecular weight is 435 g/mol. The number of rotatable bonds is 4. The minimum absolute atomic E-state index is 0. The lowest BCUT2D eigenvalue weighted by Gasteiger charge is -2.47. The van der Waals surface area contributed by atoms with Crippen molar-refractivity contribution < 1.29 is 0 Å². The maximum atomic E-state index is 4.43. The molecule has 3 aliphatic heterocycles. The van der Waals surface area contributed by atoms with Gasteiger partial charge in [0.2, 0.25) is 0 Å². The van der Waals surface area contributed by atoms with Gasteiger partial charge in [-0.3, -0.25) is 14.8 Å². The number of fused-ring (bicyclic) bond motifs is 3.